The van der Waals surface area contributed by atoms with Crippen LogP contribution < -0.4 is 5.32 Å². The zero-order valence-electron chi connectivity index (χ0n) is 18.0. The largest absolute Gasteiger partial charge is 0.396 e. The van der Waals surface area contributed by atoms with Gasteiger partial charge in [-0.1, -0.05) is 37.3 Å². The fraction of sp³-hybridized carbons (Fsp3) is 0.458. The number of amides is 1. The molecule has 1 heterocycles. The van der Waals surface area contributed by atoms with Gasteiger partial charge in [-0.3, -0.25) is 4.79 Å². The van der Waals surface area contributed by atoms with Crippen LogP contribution in [0, 0.1) is 5.92 Å². The molecule has 0 aliphatic carbocycles. The van der Waals surface area contributed by atoms with Crippen molar-refractivity contribution in [2.75, 3.05) is 11.9 Å². The van der Waals surface area contributed by atoms with Crippen LogP contribution in [0.1, 0.15) is 35.7 Å². The molecule has 2 aromatic carbocycles. The minimum Gasteiger partial charge on any atom is -0.396 e. The zero-order valence-corrected chi connectivity index (χ0v) is 19.0. The molecular weight excluding hydrogens is 397 g/mol. The number of carbonyl (C=O) groups is 1. The summed E-state index contributed by atoms with van der Waals surface area (Å²) in [5.74, 6) is 0.0214. The van der Waals surface area contributed by atoms with E-state index >= 15 is 0 Å². The fourth-order valence-electron chi connectivity index (χ4n) is 4.63. The SMILES string of the molecule is C[C@@H]1[C@@H]([Si](C)(C)F)[C@H](CCO)O[C@@H]1CCc1ccc(NC(=O)c2ccccc2)cc1. The van der Waals surface area contributed by atoms with E-state index in [1.54, 1.807) is 25.2 Å². The topological polar surface area (TPSA) is 58.6 Å². The Balaban J connectivity index is 1.56. The maximum atomic E-state index is 14.9. The number of aliphatic hydroxyl groups is 1. The number of ether oxygens (including phenoxy) is 1. The molecule has 4 atom stereocenters. The van der Waals surface area contributed by atoms with Crippen molar-refractivity contribution in [2.45, 2.75) is 57.0 Å². The molecular formula is C24H32FNO3Si. The zero-order chi connectivity index (χ0) is 21.7. The van der Waals surface area contributed by atoms with Crippen LogP contribution in [0.3, 0.4) is 0 Å². The quantitative estimate of drug-likeness (QED) is 0.448. The first kappa shape index (κ1) is 22.7. The van der Waals surface area contributed by atoms with E-state index in [-0.39, 0.29) is 36.2 Å². The van der Waals surface area contributed by atoms with Gasteiger partial charge in [-0.05, 0) is 68.1 Å². The summed E-state index contributed by atoms with van der Waals surface area (Å²) in [4.78, 5) is 12.3. The van der Waals surface area contributed by atoms with Crippen LogP contribution >= 0.6 is 0 Å². The Bertz CT molecular complexity index is 823. The van der Waals surface area contributed by atoms with E-state index < -0.39 is 8.41 Å². The van der Waals surface area contributed by atoms with Crippen molar-refractivity contribution in [2.24, 2.45) is 5.92 Å². The lowest BCUT2D eigenvalue weighted by Crippen LogP contribution is -2.36. The average molecular weight is 430 g/mol. The van der Waals surface area contributed by atoms with Gasteiger partial charge in [0, 0.05) is 23.4 Å². The summed E-state index contributed by atoms with van der Waals surface area (Å²) in [5.41, 5.74) is 2.46. The molecule has 3 rings (SSSR count). The van der Waals surface area contributed by atoms with Crippen LogP contribution in [0.25, 0.3) is 0 Å². The van der Waals surface area contributed by atoms with Crippen LogP contribution in [0.4, 0.5) is 9.80 Å². The highest BCUT2D eigenvalue weighted by atomic mass is 28.4. The number of hydrogen-bond donors (Lipinski definition) is 2. The summed E-state index contributed by atoms with van der Waals surface area (Å²) in [6.45, 7) is 5.60. The second kappa shape index (κ2) is 9.86. The minimum absolute atomic E-state index is 0.00605. The number of aliphatic hydroxyl groups excluding tert-OH is 1. The number of benzene rings is 2. The minimum atomic E-state index is -2.87. The molecule has 0 bridgehead atoms. The molecule has 0 unspecified atom stereocenters. The summed E-state index contributed by atoms with van der Waals surface area (Å²) in [7, 11) is -2.87. The third-order valence-electron chi connectivity index (χ3n) is 6.07. The molecule has 2 N–H and O–H groups in total. The molecule has 0 saturated carbocycles. The van der Waals surface area contributed by atoms with Gasteiger partial charge in [-0.25, -0.2) is 0 Å². The van der Waals surface area contributed by atoms with Crippen molar-refractivity contribution in [3.8, 4) is 0 Å². The Morgan fingerprint density at radius 2 is 1.73 bits per heavy atom. The monoisotopic (exact) mass is 429 g/mol. The molecule has 162 valence electrons. The third-order valence-corrected chi connectivity index (χ3v) is 8.56. The molecule has 6 heteroatoms. The second-order valence-corrected chi connectivity index (χ2v) is 12.5. The summed E-state index contributed by atoms with van der Waals surface area (Å²) in [6.07, 6.45) is 1.97. The number of hydrogen-bond acceptors (Lipinski definition) is 3. The Morgan fingerprint density at radius 1 is 1.07 bits per heavy atom. The first-order valence-corrected chi connectivity index (χ1v) is 13.7. The van der Waals surface area contributed by atoms with Gasteiger partial charge >= 0.3 is 0 Å². The average Bonchev–Trinajstić information content (AvgIpc) is 3.03. The molecule has 1 fully saturated rings. The molecule has 1 aliphatic rings. The Labute approximate surface area is 179 Å². The van der Waals surface area contributed by atoms with Crippen molar-refractivity contribution >= 4 is 20.0 Å². The first-order chi connectivity index (χ1) is 14.3. The van der Waals surface area contributed by atoms with Gasteiger partial charge in [-0.2, -0.15) is 0 Å². The lowest BCUT2D eigenvalue weighted by atomic mass is 9.95. The molecule has 30 heavy (non-hydrogen) atoms. The van der Waals surface area contributed by atoms with E-state index in [0.29, 0.717) is 12.0 Å². The number of carbonyl (C=O) groups excluding carboxylic acids is 1. The van der Waals surface area contributed by atoms with E-state index in [9.17, 15) is 14.0 Å². The van der Waals surface area contributed by atoms with E-state index in [4.69, 9.17) is 4.74 Å². The lowest BCUT2D eigenvalue weighted by Gasteiger charge is -2.28. The smallest absolute Gasteiger partial charge is 0.255 e. The van der Waals surface area contributed by atoms with Crippen LogP contribution in [0.5, 0.6) is 0 Å². The van der Waals surface area contributed by atoms with E-state index in [0.717, 1.165) is 24.1 Å². The molecule has 0 spiro atoms. The summed E-state index contributed by atoms with van der Waals surface area (Å²) in [5, 5.41) is 12.2. The van der Waals surface area contributed by atoms with Crippen molar-refractivity contribution in [3.05, 3.63) is 65.7 Å². The fourth-order valence-corrected chi connectivity index (χ4v) is 7.23. The normalized spacial score (nSPS) is 24.0. The van der Waals surface area contributed by atoms with Gasteiger partial charge in [0.05, 0.1) is 12.2 Å². The first-order valence-electron chi connectivity index (χ1n) is 10.7. The predicted molar refractivity (Wildman–Crippen MR) is 121 cm³/mol. The standard InChI is InChI=1S/C24H32FNO3Si/c1-17-21(29-22(15-16-27)23(17)30(2,3)25)14-11-18-9-12-20(13-10-18)26-24(28)19-7-5-4-6-8-19/h4-10,12-13,17,21-23,27H,11,14-16H2,1-3H3,(H,26,28)/t17-,21+,22-,23+/m0/s1. The van der Waals surface area contributed by atoms with Gasteiger partial charge in [0.1, 0.15) is 0 Å². The highest BCUT2D eigenvalue weighted by Gasteiger charge is 2.50. The number of nitrogens with one attached hydrogen (secondary N) is 1. The summed E-state index contributed by atoms with van der Waals surface area (Å²) in [6, 6.07) is 17.0. The third kappa shape index (κ3) is 5.56. The Hall–Kier alpha value is -2.02. The Kier molecular flexibility index (Phi) is 7.44. The van der Waals surface area contributed by atoms with Crippen molar-refractivity contribution in [3.63, 3.8) is 0 Å². The Morgan fingerprint density at radius 3 is 2.33 bits per heavy atom. The maximum Gasteiger partial charge on any atom is 0.255 e. The molecule has 0 radical (unpaired) electrons. The van der Waals surface area contributed by atoms with Crippen LogP contribution in [-0.2, 0) is 11.2 Å². The van der Waals surface area contributed by atoms with Gasteiger partial charge in [0.15, 0.2) is 0 Å². The highest BCUT2D eigenvalue weighted by molar-refractivity contribution is 6.72. The molecule has 1 aliphatic heterocycles. The molecule has 1 amide bonds. The second-order valence-electron chi connectivity index (χ2n) is 8.73. The molecule has 1 saturated heterocycles. The van der Waals surface area contributed by atoms with E-state index in [1.807, 2.05) is 42.5 Å². The van der Waals surface area contributed by atoms with Gasteiger partial charge in [-0.15, -0.1) is 0 Å². The van der Waals surface area contributed by atoms with Gasteiger partial charge in [0.25, 0.3) is 5.91 Å². The van der Waals surface area contributed by atoms with E-state index in [1.165, 1.54) is 0 Å². The lowest BCUT2D eigenvalue weighted by molar-refractivity contribution is 0.0193. The summed E-state index contributed by atoms with van der Waals surface area (Å²) < 4.78 is 21.0. The van der Waals surface area contributed by atoms with Crippen molar-refractivity contribution in [1.82, 2.24) is 0 Å². The summed E-state index contributed by atoms with van der Waals surface area (Å²) >= 11 is 0. The van der Waals surface area contributed by atoms with E-state index in [2.05, 4.69) is 12.2 Å². The molecule has 4 nitrogen and oxygen atoms in total. The maximum absolute atomic E-state index is 14.9. The number of rotatable bonds is 8. The molecule has 2 aromatic rings. The van der Waals surface area contributed by atoms with Gasteiger partial charge in [0.2, 0.25) is 8.41 Å². The van der Waals surface area contributed by atoms with Crippen LogP contribution in [-0.4, -0.2) is 38.2 Å². The van der Waals surface area contributed by atoms with Crippen LogP contribution in [0.2, 0.25) is 18.6 Å². The molecule has 0 aromatic heterocycles. The van der Waals surface area contributed by atoms with Crippen LogP contribution in [0.15, 0.2) is 54.6 Å². The van der Waals surface area contributed by atoms with Gasteiger partial charge < -0.3 is 19.3 Å². The number of aryl methyl sites for hydroxylation is 1. The predicted octanol–water partition coefficient (Wildman–Crippen LogP) is 5.20. The van der Waals surface area contributed by atoms with Crippen molar-refractivity contribution in [1.29, 1.82) is 0 Å². The van der Waals surface area contributed by atoms with Crippen molar-refractivity contribution < 1.29 is 18.7 Å². The number of anilines is 1. The highest BCUT2D eigenvalue weighted by Crippen LogP contribution is 2.46. The number of halogens is 1.